The predicted molar refractivity (Wildman–Crippen MR) is 34.8 cm³/mol. The number of rotatable bonds is 1. The molecule has 1 heterocycles. The second kappa shape index (κ2) is 2.05. The summed E-state index contributed by atoms with van der Waals surface area (Å²) in [6.07, 6.45) is 1.62. The lowest BCUT2D eigenvalue weighted by atomic mass is 10.4. The van der Waals surface area contributed by atoms with E-state index in [9.17, 15) is 0 Å². The van der Waals surface area contributed by atoms with Crippen LogP contribution in [0.1, 0.15) is 19.9 Å². The molecular formula is C5H10N4. The van der Waals surface area contributed by atoms with Gasteiger partial charge in [-0.25, -0.2) is 0 Å². The van der Waals surface area contributed by atoms with Crippen LogP contribution >= 0.6 is 0 Å². The first kappa shape index (κ1) is 6.07. The molecule has 0 aliphatic rings. The summed E-state index contributed by atoms with van der Waals surface area (Å²) in [5, 5.41) is 7.26. The van der Waals surface area contributed by atoms with E-state index < -0.39 is 0 Å². The maximum absolute atomic E-state index is 5.43. The Bertz CT molecular complexity index is 191. The highest BCUT2D eigenvalue weighted by molar-refractivity contribution is 5.13. The van der Waals surface area contributed by atoms with E-state index in [1.165, 1.54) is 0 Å². The van der Waals surface area contributed by atoms with E-state index in [-0.39, 0.29) is 0 Å². The summed E-state index contributed by atoms with van der Waals surface area (Å²) < 4.78 is 1.81. The van der Waals surface area contributed by atoms with Crippen molar-refractivity contribution in [1.29, 1.82) is 0 Å². The van der Waals surface area contributed by atoms with Crippen molar-refractivity contribution in [3.8, 4) is 0 Å². The maximum Gasteiger partial charge on any atom is 0.222 e. The Balaban J connectivity index is 2.94. The smallest absolute Gasteiger partial charge is 0.222 e. The largest absolute Gasteiger partial charge is 0.368 e. The van der Waals surface area contributed by atoms with Crippen molar-refractivity contribution in [3.05, 3.63) is 6.33 Å². The zero-order valence-electron chi connectivity index (χ0n) is 5.57. The van der Waals surface area contributed by atoms with Gasteiger partial charge in [-0.1, -0.05) is 0 Å². The van der Waals surface area contributed by atoms with Gasteiger partial charge in [-0.2, -0.15) is 0 Å². The molecule has 9 heavy (non-hydrogen) atoms. The number of nitrogen functional groups attached to an aromatic ring is 1. The van der Waals surface area contributed by atoms with Gasteiger partial charge in [0.05, 0.1) is 0 Å². The second-order valence-electron chi connectivity index (χ2n) is 2.19. The lowest BCUT2D eigenvalue weighted by molar-refractivity contribution is 0.606. The van der Waals surface area contributed by atoms with Gasteiger partial charge < -0.3 is 5.73 Å². The third kappa shape index (κ3) is 1.01. The van der Waals surface area contributed by atoms with E-state index >= 15 is 0 Å². The van der Waals surface area contributed by atoms with Crippen molar-refractivity contribution in [2.45, 2.75) is 19.9 Å². The number of hydrogen-bond acceptors (Lipinski definition) is 3. The number of anilines is 1. The maximum atomic E-state index is 5.43. The van der Waals surface area contributed by atoms with Gasteiger partial charge in [-0.15, -0.1) is 10.2 Å². The van der Waals surface area contributed by atoms with Crippen molar-refractivity contribution in [3.63, 3.8) is 0 Å². The van der Waals surface area contributed by atoms with Crippen LogP contribution in [-0.2, 0) is 0 Å². The molecule has 0 saturated carbocycles. The van der Waals surface area contributed by atoms with Crippen LogP contribution in [0.3, 0.4) is 0 Å². The van der Waals surface area contributed by atoms with E-state index in [1.54, 1.807) is 10.9 Å². The standard InChI is InChI=1S/C5H10N4/c1-4(2)9-3-7-8-5(9)6/h3-4H,1-2H3,(H2,6,8). The minimum Gasteiger partial charge on any atom is -0.368 e. The van der Waals surface area contributed by atoms with Crippen molar-refractivity contribution in [2.75, 3.05) is 5.73 Å². The van der Waals surface area contributed by atoms with Crippen LogP contribution < -0.4 is 5.73 Å². The second-order valence-corrected chi connectivity index (χ2v) is 2.19. The molecule has 0 atom stereocenters. The first-order chi connectivity index (χ1) is 4.22. The Morgan fingerprint density at radius 1 is 1.67 bits per heavy atom. The normalized spacial score (nSPS) is 10.6. The van der Waals surface area contributed by atoms with Gasteiger partial charge in [0.15, 0.2) is 0 Å². The minimum atomic E-state index is 0.347. The zero-order chi connectivity index (χ0) is 6.85. The topological polar surface area (TPSA) is 56.7 Å². The summed E-state index contributed by atoms with van der Waals surface area (Å²) in [7, 11) is 0. The Labute approximate surface area is 53.7 Å². The lowest BCUT2D eigenvalue weighted by Gasteiger charge is -2.04. The molecule has 4 nitrogen and oxygen atoms in total. The summed E-state index contributed by atoms with van der Waals surface area (Å²) in [6, 6.07) is 0.347. The monoisotopic (exact) mass is 126 g/mol. The van der Waals surface area contributed by atoms with Gasteiger partial charge in [0.25, 0.3) is 0 Å². The van der Waals surface area contributed by atoms with Gasteiger partial charge in [0.1, 0.15) is 6.33 Å². The van der Waals surface area contributed by atoms with Crippen LogP contribution in [-0.4, -0.2) is 14.8 Å². The van der Waals surface area contributed by atoms with E-state index in [2.05, 4.69) is 10.2 Å². The summed E-state index contributed by atoms with van der Waals surface area (Å²) in [4.78, 5) is 0. The van der Waals surface area contributed by atoms with Gasteiger partial charge >= 0.3 is 0 Å². The molecule has 0 aliphatic carbocycles. The molecule has 0 radical (unpaired) electrons. The van der Waals surface area contributed by atoms with Gasteiger partial charge in [0, 0.05) is 6.04 Å². The molecule has 1 rings (SSSR count). The fourth-order valence-corrected chi connectivity index (χ4v) is 0.649. The van der Waals surface area contributed by atoms with Crippen LogP contribution in [0, 0.1) is 0 Å². The van der Waals surface area contributed by atoms with Gasteiger partial charge in [0.2, 0.25) is 5.95 Å². The van der Waals surface area contributed by atoms with Crippen LogP contribution in [0.15, 0.2) is 6.33 Å². The summed E-state index contributed by atoms with van der Waals surface area (Å²) in [5.74, 6) is 0.477. The lowest BCUT2D eigenvalue weighted by Crippen LogP contribution is -2.03. The van der Waals surface area contributed by atoms with E-state index in [4.69, 9.17) is 5.73 Å². The molecule has 0 saturated heterocycles. The number of hydrogen-bond donors (Lipinski definition) is 1. The van der Waals surface area contributed by atoms with Gasteiger partial charge in [-0.3, -0.25) is 4.57 Å². The van der Waals surface area contributed by atoms with Gasteiger partial charge in [-0.05, 0) is 13.8 Å². The Morgan fingerprint density at radius 3 is 2.56 bits per heavy atom. The molecule has 4 heteroatoms. The van der Waals surface area contributed by atoms with Crippen molar-refractivity contribution < 1.29 is 0 Å². The van der Waals surface area contributed by atoms with E-state index in [0.29, 0.717) is 12.0 Å². The average molecular weight is 126 g/mol. The first-order valence-electron chi connectivity index (χ1n) is 2.87. The molecule has 0 fully saturated rings. The number of nitrogens with two attached hydrogens (primary N) is 1. The van der Waals surface area contributed by atoms with Crippen molar-refractivity contribution in [1.82, 2.24) is 14.8 Å². The highest BCUT2D eigenvalue weighted by Gasteiger charge is 2.00. The minimum absolute atomic E-state index is 0.347. The van der Waals surface area contributed by atoms with Crippen molar-refractivity contribution >= 4 is 5.95 Å². The highest BCUT2D eigenvalue weighted by atomic mass is 15.3. The quantitative estimate of drug-likeness (QED) is 0.594. The molecule has 0 spiro atoms. The molecule has 2 N–H and O–H groups in total. The molecule has 1 aromatic heterocycles. The molecule has 0 unspecified atom stereocenters. The number of nitrogens with zero attached hydrogens (tertiary/aromatic N) is 3. The molecule has 0 bridgehead atoms. The van der Waals surface area contributed by atoms with Crippen LogP contribution in [0.2, 0.25) is 0 Å². The Kier molecular flexibility index (Phi) is 1.38. The molecule has 50 valence electrons. The molecule has 1 aromatic rings. The molecule has 0 aromatic carbocycles. The third-order valence-corrected chi connectivity index (χ3v) is 1.16. The molecule has 0 aliphatic heterocycles. The Morgan fingerprint density at radius 2 is 2.33 bits per heavy atom. The molecular weight excluding hydrogens is 116 g/mol. The molecule has 0 amide bonds. The number of aromatic nitrogens is 3. The fourth-order valence-electron chi connectivity index (χ4n) is 0.649. The van der Waals surface area contributed by atoms with E-state index in [1.807, 2.05) is 13.8 Å². The van der Waals surface area contributed by atoms with Crippen LogP contribution in [0.4, 0.5) is 5.95 Å². The fraction of sp³-hybridized carbons (Fsp3) is 0.600. The first-order valence-corrected chi connectivity index (χ1v) is 2.87. The summed E-state index contributed by atoms with van der Waals surface area (Å²) in [6.45, 7) is 4.06. The third-order valence-electron chi connectivity index (χ3n) is 1.16. The average Bonchev–Trinajstić information content (AvgIpc) is 2.13. The van der Waals surface area contributed by atoms with Crippen LogP contribution in [0.5, 0.6) is 0 Å². The summed E-state index contributed by atoms with van der Waals surface area (Å²) in [5.41, 5.74) is 5.43. The Hall–Kier alpha value is -1.06. The highest BCUT2D eigenvalue weighted by Crippen LogP contribution is 2.05. The summed E-state index contributed by atoms with van der Waals surface area (Å²) >= 11 is 0. The predicted octanol–water partition coefficient (Wildman–Crippen LogP) is 0.441. The zero-order valence-corrected chi connectivity index (χ0v) is 5.57. The SMILES string of the molecule is CC(C)n1cnnc1N. The van der Waals surface area contributed by atoms with Crippen LogP contribution in [0.25, 0.3) is 0 Å². The van der Waals surface area contributed by atoms with E-state index in [0.717, 1.165) is 0 Å². The van der Waals surface area contributed by atoms with Crippen molar-refractivity contribution in [2.24, 2.45) is 0 Å².